The molecule has 0 aromatic heterocycles. The van der Waals surface area contributed by atoms with Gasteiger partial charge in [0.1, 0.15) is 11.6 Å². The third-order valence-electron chi connectivity index (χ3n) is 2.90. The summed E-state index contributed by atoms with van der Waals surface area (Å²) in [4.78, 5) is 0. The van der Waals surface area contributed by atoms with E-state index in [-0.39, 0.29) is 12.0 Å². The predicted octanol–water partition coefficient (Wildman–Crippen LogP) is 2.21. The number of hydrogen-bond acceptors (Lipinski definition) is 2. The van der Waals surface area contributed by atoms with Gasteiger partial charge in [-0.3, -0.25) is 0 Å². The first-order valence-corrected chi connectivity index (χ1v) is 5.46. The van der Waals surface area contributed by atoms with E-state index in [0.29, 0.717) is 12.1 Å². The van der Waals surface area contributed by atoms with Gasteiger partial charge in [-0.15, -0.1) is 0 Å². The van der Waals surface area contributed by atoms with Crippen LogP contribution in [0.2, 0.25) is 0 Å². The molecule has 0 aliphatic heterocycles. The van der Waals surface area contributed by atoms with Crippen molar-refractivity contribution in [2.24, 2.45) is 11.7 Å². The molecule has 0 heterocycles. The van der Waals surface area contributed by atoms with Gasteiger partial charge in [-0.2, -0.15) is 0 Å². The third-order valence-corrected chi connectivity index (χ3v) is 2.90. The summed E-state index contributed by atoms with van der Waals surface area (Å²) in [6, 6.07) is 3.26. The Balaban J connectivity index is 3.06. The average molecular weight is 228 g/mol. The van der Waals surface area contributed by atoms with E-state index < -0.39 is 11.6 Å². The van der Waals surface area contributed by atoms with E-state index in [1.54, 1.807) is 7.05 Å². The molecule has 1 aromatic rings. The molecule has 0 aliphatic carbocycles. The van der Waals surface area contributed by atoms with Crippen molar-refractivity contribution in [3.8, 4) is 0 Å². The summed E-state index contributed by atoms with van der Waals surface area (Å²) in [5.41, 5.74) is 5.98. The fourth-order valence-corrected chi connectivity index (χ4v) is 1.94. The van der Waals surface area contributed by atoms with Gasteiger partial charge in [-0.25, -0.2) is 8.78 Å². The molecule has 1 rings (SSSR count). The Kier molecular flexibility index (Phi) is 4.83. The van der Waals surface area contributed by atoms with Gasteiger partial charge in [0.25, 0.3) is 0 Å². The SMILES string of the molecule is CCC(CN)C(NC)c1cc(F)ccc1F. The second-order valence-electron chi connectivity index (χ2n) is 3.84. The van der Waals surface area contributed by atoms with Crippen molar-refractivity contribution in [3.05, 3.63) is 35.4 Å². The molecule has 3 N–H and O–H groups in total. The van der Waals surface area contributed by atoms with Crippen LogP contribution in [0, 0.1) is 17.6 Å². The normalized spacial score (nSPS) is 14.8. The van der Waals surface area contributed by atoms with Crippen LogP contribution in [-0.2, 0) is 0 Å². The van der Waals surface area contributed by atoms with Gasteiger partial charge in [0, 0.05) is 11.6 Å². The highest BCUT2D eigenvalue weighted by Crippen LogP contribution is 2.26. The maximum atomic E-state index is 13.6. The van der Waals surface area contributed by atoms with Crippen molar-refractivity contribution >= 4 is 0 Å². The van der Waals surface area contributed by atoms with Gasteiger partial charge < -0.3 is 11.1 Å². The zero-order valence-electron chi connectivity index (χ0n) is 9.63. The average Bonchev–Trinajstić information content (AvgIpc) is 2.29. The van der Waals surface area contributed by atoms with Crippen molar-refractivity contribution in [2.45, 2.75) is 19.4 Å². The lowest BCUT2D eigenvalue weighted by Crippen LogP contribution is -2.31. The van der Waals surface area contributed by atoms with Gasteiger partial charge in [0.15, 0.2) is 0 Å². The molecule has 0 radical (unpaired) electrons. The monoisotopic (exact) mass is 228 g/mol. The van der Waals surface area contributed by atoms with Crippen molar-refractivity contribution in [3.63, 3.8) is 0 Å². The quantitative estimate of drug-likeness (QED) is 0.811. The largest absolute Gasteiger partial charge is 0.330 e. The Hall–Kier alpha value is -1.00. The van der Waals surface area contributed by atoms with Crippen molar-refractivity contribution in [1.82, 2.24) is 5.32 Å². The second kappa shape index (κ2) is 5.92. The number of hydrogen-bond donors (Lipinski definition) is 2. The van der Waals surface area contributed by atoms with Gasteiger partial charge >= 0.3 is 0 Å². The predicted molar refractivity (Wildman–Crippen MR) is 61.0 cm³/mol. The van der Waals surface area contributed by atoms with E-state index in [0.717, 1.165) is 18.6 Å². The van der Waals surface area contributed by atoms with Crippen LogP contribution in [0.5, 0.6) is 0 Å². The first kappa shape index (κ1) is 13.1. The van der Waals surface area contributed by atoms with Crippen molar-refractivity contribution in [2.75, 3.05) is 13.6 Å². The zero-order chi connectivity index (χ0) is 12.1. The summed E-state index contributed by atoms with van der Waals surface area (Å²) >= 11 is 0. The lowest BCUT2D eigenvalue weighted by Gasteiger charge is -2.25. The number of halogens is 2. The lowest BCUT2D eigenvalue weighted by atomic mass is 9.90. The third kappa shape index (κ3) is 2.77. The Morgan fingerprint density at radius 3 is 2.56 bits per heavy atom. The van der Waals surface area contributed by atoms with Crippen LogP contribution >= 0.6 is 0 Å². The molecule has 2 atom stereocenters. The Morgan fingerprint density at radius 2 is 2.06 bits per heavy atom. The van der Waals surface area contributed by atoms with Gasteiger partial charge in [-0.05, 0) is 37.7 Å². The minimum Gasteiger partial charge on any atom is -0.330 e. The van der Waals surface area contributed by atoms with Crippen LogP contribution in [0.25, 0.3) is 0 Å². The van der Waals surface area contributed by atoms with Crippen molar-refractivity contribution < 1.29 is 8.78 Å². The maximum Gasteiger partial charge on any atom is 0.128 e. The highest BCUT2D eigenvalue weighted by molar-refractivity contribution is 5.23. The summed E-state index contributed by atoms with van der Waals surface area (Å²) < 4.78 is 26.7. The molecule has 0 spiro atoms. The highest BCUT2D eigenvalue weighted by Gasteiger charge is 2.22. The summed E-state index contributed by atoms with van der Waals surface area (Å²) in [5, 5.41) is 3.00. The molecule has 1 aromatic carbocycles. The topological polar surface area (TPSA) is 38.0 Å². The highest BCUT2D eigenvalue weighted by atomic mass is 19.1. The Morgan fingerprint density at radius 1 is 1.38 bits per heavy atom. The molecular weight excluding hydrogens is 210 g/mol. The summed E-state index contributed by atoms with van der Waals surface area (Å²) in [5.74, 6) is -0.725. The Labute approximate surface area is 94.8 Å². The lowest BCUT2D eigenvalue weighted by molar-refractivity contribution is 0.366. The molecule has 2 nitrogen and oxygen atoms in total. The van der Waals surface area contributed by atoms with E-state index in [4.69, 9.17) is 5.73 Å². The van der Waals surface area contributed by atoms with Gasteiger partial charge in [0.2, 0.25) is 0 Å². The fraction of sp³-hybridized carbons (Fsp3) is 0.500. The molecule has 90 valence electrons. The molecule has 4 heteroatoms. The molecule has 0 saturated carbocycles. The van der Waals surface area contributed by atoms with Crippen LogP contribution < -0.4 is 11.1 Å². The molecule has 0 amide bonds. The van der Waals surface area contributed by atoms with E-state index in [1.807, 2.05) is 6.92 Å². The van der Waals surface area contributed by atoms with E-state index >= 15 is 0 Å². The molecular formula is C12H18F2N2. The first-order chi connectivity index (χ1) is 7.63. The standard InChI is InChI=1S/C12H18F2N2/c1-3-8(7-15)12(16-2)10-6-9(13)4-5-11(10)14/h4-6,8,12,16H,3,7,15H2,1-2H3. The smallest absolute Gasteiger partial charge is 0.128 e. The first-order valence-electron chi connectivity index (χ1n) is 5.46. The molecule has 2 unspecified atom stereocenters. The summed E-state index contributed by atoms with van der Waals surface area (Å²) in [6.07, 6.45) is 0.817. The van der Waals surface area contributed by atoms with E-state index in [2.05, 4.69) is 5.32 Å². The van der Waals surface area contributed by atoms with Gasteiger partial charge in [-0.1, -0.05) is 13.3 Å². The fourth-order valence-electron chi connectivity index (χ4n) is 1.94. The molecule has 16 heavy (non-hydrogen) atoms. The van der Waals surface area contributed by atoms with Crippen molar-refractivity contribution in [1.29, 1.82) is 0 Å². The number of benzene rings is 1. The molecule has 0 saturated heterocycles. The van der Waals surface area contributed by atoms with E-state index in [1.165, 1.54) is 6.07 Å². The number of rotatable bonds is 5. The Bertz CT molecular complexity index is 338. The summed E-state index contributed by atoms with van der Waals surface area (Å²) in [6.45, 7) is 2.43. The van der Waals surface area contributed by atoms with Crippen LogP contribution in [0.15, 0.2) is 18.2 Å². The number of nitrogens with two attached hydrogens (primary N) is 1. The number of nitrogens with one attached hydrogen (secondary N) is 1. The minimum absolute atomic E-state index is 0.0984. The molecule has 0 fully saturated rings. The van der Waals surface area contributed by atoms with Crippen LogP contribution in [0.3, 0.4) is 0 Å². The van der Waals surface area contributed by atoms with E-state index in [9.17, 15) is 8.78 Å². The minimum atomic E-state index is -0.427. The van der Waals surface area contributed by atoms with Crippen LogP contribution in [0.4, 0.5) is 8.78 Å². The molecule has 0 bridgehead atoms. The van der Waals surface area contributed by atoms with Crippen LogP contribution in [0.1, 0.15) is 24.9 Å². The summed E-state index contributed by atoms with van der Waals surface area (Å²) in [7, 11) is 1.73. The van der Waals surface area contributed by atoms with Crippen LogP contribution in [-0.4, -0.2) is 13.6 Å². The maximum absolute atomic E-state index is 13.6. The second-order valence-corrected chi connectivity index (χ2v) is 3.84. The zero-order valence-corrected chi connectivity index (χ0v) is 9.63. The molecule has 0 aliphatic rings. The van der Waals surface area contributed by atoms with Gasteiger partial charge in [0.05, 0.1) is 0 Å².